The van der Waals surface area contributed by atoms with Gasteiger partial charge in [0.2, 0.25) is 5.88 Å². The Morgan fingerprint density at radius 2 is 1.96 bits per heavy atom. The first-order valence-corrected chi connectivity index (χ1v) is 8.44. The number of carbonyl (C=O) groups is 1. The molecule has 6 heteroatoms. The molecule has 0 bridgehead atoms. The van der Waals surface area contributed by atoms with E-state index in [0.29, 0.717) is 22.3 Å². The molecule has 0 saturated heterocycles. The molecule has 0 saturated carbocycles. The van der Waals surface area contributed by atoms with Crippen LogP contribution in [-0.2, 0) is 4.79 Å². The Labute approximate surface area is 140 Å². The normalized spacial score (nSPS) is 11.6. The van der Waals surface area contributed by atoms with Gasteiger partial charge in [-0.05, 0) is 24.6 Å². The minimum atomic E-state index is -0.267. The molecule has 1 amide bonds. The molecule has 1 aromatic carbocycles. The average Bonchev–Trinajstić information content (AvgIpc) is 2.83. The molecule has 0 aliphatic rings. The minimum Gasteiger partial charge on any atom is -0.493 e. The van der Waals surface area contributed by atoms with Gasteiger partial charge in [-0.15, -0.1) is 10.2 Å². The van der Waals surface area contributed by atoms with Gasteiger partial charge in [-0.25, -0.2) is 0 Å². The summed E-state index contributed by atoms with van der Waals surface area (Å²) >= 11 is 5.95. The number of amides is 1. The molecule has 0 radical (unpaired) electrons. The number of aromatic amines is 1. The van der Waals surface area contributed by atoms with Gasteiger partial charge in [-0.2, -0.15) is 0 Å². The van der Waals surface area contributed by atoms with Gasteiger partial charge in [-0.1, -0.05) is 50.6 Å². The largest absolute Gasteiger partial charge is 0.493 e. The molecule has 0 fully saturated rings. The van der Waals surface area contributed by atoms with Crippen molar-refractivity contribution >= 4 is 34.1 Å². The van der Waals surface area contributed by atoms with Crippen LogP contribution in [-0.4, -0.2) is 16.0 Å². The number of fused-ring (bicyclic) bond motifs is 1. The van der Waals surface area contributed by atoms with Crippen LogP contribution in [0.3, 0.4) is 0 Å². The highest BCUT2D eigenvalue weighted by Gasteiger charge is 2.11. The molecule has 5 nitrogen and oxygen atoms in total. The predicted octanol–water partition coefficient (Wildman–Crippen LogP) is 5.89. The number of hydrogen-bond acceptors (Lipinski definition) is 3. The highest BCUT2D eigenvalue weighted by molar-refractivity contribution is 6.31. The summed E-state index contributed by atoms with van der Waals surface area (Å²) in [5.74, 6) is -0.380. The second kappa shape index (κ2) is 8.67. The topological polar surface area (TPSA) is 77.8 Å². The van der Waals surface area contributed by atoms with Crippen LogP contribution in [0.15, 0.2) is 28.4 Å². The third-order valence-corrected chi connectivity index (χ3v) is 3.95. The Kier molecular flexibility index (Phi) is 6.59. The number of hydrogen-bond donors (Lipinski definition) is 2. The molecular weight excluding hydrogens is 314 g/mol. The molecule has 1 aromatic heterocycles. The summed E-state index contributed by atoms with van der Waals surface area (Å²) < 4.78 is 0. The number of aromatic nitrogens is 1. The van der Waals surface area contributed by atoms with Gasteiger partial charge in [0.25, 0.3) is 5.91 Å². The summed E-state index contributed by atoms with van der Waals surface area (Å²) in [5.41, 5.74) is 0.947. The van der Waals surface area contributed by atoms with Gasteiger partial charge in [0.15, 0.2) is 5.69 Å². The van der Waals surface area contributed by atoms with E-state index in [-0.39, 0.29) is 17.5 Å². The quantitative estimate of drug-likeness (QED) is 0.466. The molecule has 124 valence electrons. The zero-order valence-corrected chi connectivity index (χ0v) is 14.1. The summed E-state index contributed by atoms with van der Waals surface area (Å²) in [6.07, 6.45) is 7.08. The number of halogens is 1. The zero-order valence-electron chi connectivity index (χ0n) is 13.3. The van der Waals surface area contributed by atoms with Gasteiger partial charge in [0, 0.05) is 16.8 Å². The number of azo groups is 1. The number of carbonyl (C=O) groups excluding carboxylic acids is 1. The molecule has 0 atom stereocenters. The lowest BCUT2D eigenvalue weighted by Crippen LogP contribution is -1.91. The van der Waals surface area contributed by atoms with Crippen molar-refractivity contribution in [3.05, 3.63) is 23.2 Å². The summed E-state index contributed by atoms with van der Waals surface area (Å²) in [7, 11) is 0. The molecule has 23 heavy (non-hydrogen) atoms. The monoisotopic (exact) mass is 335 g/mol. The van der Waals surface area contributed by atoms with E-state index in [2.05, 4.69) is 22.1 Å². The van der Waals surface area contributed by atoms with Gasteiger partial charge in [0.1, 0.15) is 0 Å². The van der Waals surface area contributed by atoms with E-state index in [0.717, 1.165) is 19.3 Å². The number of nitrogens with zero attached hydrogens (tertiary/aromatic N) is 2. The van der Waals surface area contributed by atoms with Crippen molar-refractivity contribution in [2.75, 3.05) is 0 Å². The van der Waals surface area contributed by atoms with Crippen LogP contribution in [0.5, 0.6) is 5.88 Å². The van der Waals surface area contributed by atoms with E-state index in [1.54, 1.807) is 18.2 Å². The van der Waals surface area contributed by atoms with Gasteiger partial charge in [0.05, 0.1) is 5.52 Å². The number of aromatic hydroxyl groups is 1. The SMILES string of the molecule is CCCCCCCCC(=O)N=Nc1c(O)[nH]c2ccc(Cl)cc12. The highest BCUT2D eigenvalue weighted by Crippen LogP contribution is 2.36. The van der Waals surface area contributed by atoms with Gasteiger partial charge >= 0.3 is 0 Å². The summed E-state index contributed by atoms with van der Waals surface area (Å²) in [6.45, 7) is 2.18. The third kappa shape index (κ3) is 5.06. The van der Waals surface area contributed by atoms with Crippen LogP contribution in [0.25, 0.3) is 10.9 Å². The van der Waals surface area contributed by atoms with Crippen LogP contribution < -0.4 is 0 Å². The predicted molar refractivity (Wildman–Crippen MR) is 92.5 cm³/mol. The van der Waals surface area contributed by atoms with Crippen molar-refractivity contribution in [3.63, 3.8) is 0 Å². The van der Waals surface area contributed by atoms with E-state index in [9.17, 15) is 9.90 Å². The number of H-pyrrole nitrogens is 1. The number of nitrogens with one attached hydrogen (secondary N) is 1. The molecule has 0 aliphatic heterocycles. The Morgan fingerprint density at radius 1 is 1.22 bits per heavy atom. The van der Waals surface area contributed by atoms with Gasteiger partial charge in [-0.3, -0.25) is 4.79 Å². The fourth-order valence-electron chi connectivity index (χ4n) is 2.45. The summed E-state index contributed by atoms with van der Waals surface area (Å²) in [5, 5.41) is 18.7. The van der Waals surface area contributed by atoms with Gasteiger partial charge < -0.3 is 10.1 Å². The summed E-state index contributed by atoms with van der Waals surface area (Å²) in [4.78, 5) is 14.5. The summed E-state index contributed by atoms with van der Waals surface area (Å²) in [6, 6.07) is 5.14. The average molecular weight is 336 g/mol. The maximum atomic E-state index is 11.8. The fraction of sp³-hybridized carbons (Fsp3) is 0.471. The lowest BCUT2D eigenvalue weighted by molar-refractivity contribution is -0.118. The Bertz CT molecular complexity index is 694. The molecule has 2 N–H and O–H groups in total. The first-order valence-electron chi connectivity index (χ1n) is 8.06. The van der Waals surface area contributed by atoms with Crippen molar-refractivity contribution < 1.29 is 9.90 Å². The second-order valence-electron chi connectivity index (χ2n) is 5.62. The Balaban J connectivity index is 1.91. The first kappa shape index (κ1) is 17.5. The zero-order chi connectivity index (χ0) is 16.7. The number of rotatable bonds is 8. The minimum absolute atomic E-state index is 0.113. The lowest BCUT2D eigenvalue weighted by atomic mass is 10.1. The molecule has 2 aromatic rings. The van der Waals surface area contributed by atoms with Crippen molar-refractivity contribution in [2.24, 2.45) is 10.2 Å². The smallest absolute Gasteiger partial charge is 0.264 e. The third-order valence-electron chi connectivity index (χ3n) is 3.72. The first-order chi connectivity index (χ1) is 11.1. The van der Waals surface area contributed by atoms with E-state index >= 15 is 0 Å². The molecule has 1 heterocycles. The molecular formula is C17H22ClN3O2. The van der Waals surface area contributed by atoms with Crippen LogP contribution in [0, 0.1) is 0 Å². The van der Waals surface area contributed by atoms with Crippen molar-refractivity contribution in [3.8, 4) is 5.88 Å². The Hall–Kier alpha value is -1.88. The van der Waals surface area contributed by atoms with Crippen molar-refractivity contribution in [2.45, 2.75) is 51.9 Å². The van der Waals surface area contributed by atoms with E-state index < -0.39 is 0 Å². The highest BCUT2D eigenvalue weighted by atomic mass is 35.5. The van der Waals surface area contributed by atoms with E-state index in [1.165, 1.54) is 19.3 Å². The van der Waals surface area contributed by atoms with Crippen LogP contribution >= 0.6 is 11.6 Å². The lowest BCUT2D eigenvalue weighted by Gasteiger charge is -1.98. The maximum absolute atomic E-state index is 11.8. The van der Waals surface area contributed by atoms with E-state index in [4.69, 9.17) is 11.6 Å². The second-order valence-corrected chi connectivity index (χ2v) is 6.06. The van der Waals surface area contributed by atoms with Crippen LogP contribution in [0.2, 0.25) is 5.02 Å². The van der Waals surface area contributed by atoms with Crippen molar-refractivity contribution in [1.29, 1.82) is 0 Å². The fourth-order valence-corrected chi connectivity index (χ4v) is 2.62. The molecule has 0 spiro atoms. The molecule has 0 aliphatic carbocycles. The van der Waals surface area contributed by atoms with Crippen LogP contribution in [0.4, 0.5) is 5.69 Å². The number of benzene rings is 1. The molecule has 2 rings (SSSR count). The maximum Gasteiger partial charge on any atom is 0.264 e. The van der Waals surface area contributed by atoms with E-state index in [1.807, 2.05) is 0 Å². The standard InChI is InChI=1S/C17H22ClN3O2/c1-2-3-4-5-6-7-8-15(22)20-21-16-13-11-12(18)9-10-14(13)19-17(16)23/h9-11,19,23H,2-8H2,1H3. The Morgan fingerprint density at radius 3 is 2.74 bits per heavy atom. The number of unbranched alkanes of at least 4 members (excludes halogenated alkanes) is 5. The molecule has 0 unspecified atom stereocenters. The van der Waals surface area contributed by atoms with Crippen LogP contribution in [0.1, 0.15) is 51.9 Å². The van der Waals surface area contributed by atoms with Crippen molar-refractivity contribution in [1.82, 2.24) is 4.98 Å².